The molecule has 1 aromatic heterocycles. The highest BCUT2D eigenvalue weighted by Crippen LogP contribution is 2.16. The first-order valence-corrected chi connectivity index (χ1v) is 8.52. The Labute approximate surface area is 128 Å². The SMILES string of the molecule is COc1coc(C(=O)N2CCN(S(C)(=O)=O)[C@@H](C)C2)cc1=O. The first kappa shape index (κ1) is 16.5. The zero-order valence-corrected chi connectivity index (χ0v) is 13.4. The van der Waals surface area contributed by atoms with E-state index >= 15 is 0 Å². The Morgan fingerprint density at radius 2 is 2.09 bits per heavy atom. The number of hydrogen-bond donors (Lipinski definition) is 0. The maximum absolute atomic E-state index is 12.3. The van der Waals surface area contributed by atoms with E-state index in [0.717, 1.165) is 18.6 Å². The molecule has 9 heteroatoms. The van der Waals surface area contributed by atoms with Gasteiger partial charge < -0.3 is 14.1 Å². The van der Waals surface area contributed by atoms with Gasteiger partial charge in [0.1, 0.15) is 6.26 Å². The summed E-state index contributed by atoms with van der Waals surface area (Å²) in [5, 5.41) is 0. The van der Waals surface area contributed by atoms with Crippen LogP contribution in [0.1, 0.15) is 17.5 Å². The molecule has 0 spiro atoms. The zero-order chi connectivity index (χ0) is 16.5. The highest BCUT2D eigenvalue weighted by molar-refractivity contribution is 7.88. The summed E-state index contributed by atoms with van der Waals surface area (Å²) < 4.78 is 34.5. The van der Waals surface area contributed by atoms with Gasteiger partial charge in [0.25, 0.3) is 5.91 Å². The van der Waals surface area contributed by atoms with E-state index in [9.17, 15) is 18.0 Å². The molecule has 1 aromatic rings. The van der Waals surface area contributed by atoms with E-state index in [-0.39, 0.29) is 37.2 Å². The van der Waals surface area contributed by atoms with E-state index in [0.29, 0.717) is 0 Å². The Bertz CT molecular complexity index is 726. The Kier molecular flexibility index (Phi) is 4.57. The molecule has 0 saturated carbocycles. The van der Waals surface area contributed by atoms with Crippen molar-refractivity contribution in [3.05, 3.63) is 28.3 Å². The first-order chi connectivity index (χ1) is 10.2. The number of rotatable bonds is 3. The third kappa shape index (κ3) is 3.30. The summed E-state index contributed by atoms with van der Waals surface area (Å²) in [6, 6.07) is 0.743. The van der Waals surface area contributed by atoms with Crippen LogP contribution in [0.5, 0.6) is 5.75 Å². The maximum Gasteiger partial charge on any atom is 0.289 e. The number of sulfonamides is 1. The van der Waals surface area contributed by atoms with Crippen molar-refractivity contribution in [2.24, 2.45) is 0 Å². The molecular weight excluding hydrogens is 312 g/mol. The molecule has 2 rings (SSSR count). The first-order valence-electron chi connectivity index (χ1n) is 6.67. The highest BCUT2D eigenvalue weighted by Gasteiger charge is 2.32. The second kappa shape index (κ2) is 6.09. The molecular formula is C13H18N2O6S. The van der Waals surface area contributed by atoms with E-state index in [1.54, 1.807) is 6.92 Å². The predicted molar refractivity (Wildman–Crippen MR) is 78.4 cm³/mol. The summed E-state index contributed by atoms with van der Waals surface area (Å²) in [5.41, 5.74) is -0.445. The molecule has 1 atom stereocenters. The van der Waals surface area contributed by atoms with Gasteiger partial charge in [-0.2, -0.15) is 4.31 Å². The van der Waals surface area contributed by atoms with Gasteiger partial charge in [-0.3, -0.25) is 9.59 Å². The van der Waals surface area contributed by atoms with E-state index in [4.69, 9.17) is 9.15 Å². The van der Waals surface area contributed by atoms with Gasteiger partial charge in [-0.25, -0.2) is 8.42 Å². The number of nitrogens with zero attached hydrogens (tertiary/aromatic N) is 2. The monoisotopic (exact) mass is 330 g/mol. The third-order valence-corrected chi connectivity index (χ3v) is 4.90. The van der Waals surface area contributed by atoms with Crippen molar-refractivity contribution >= 4 is 15.9 Å². The van der Waals surface area contributed by atoms with Gasteiger partial charge in [-0.15, -0.1) is 0 Å². The molecule has 1 aliphatic rings. The molecule has 1 amide bonds. The van der Waals surface area contributed by atoms with Crippen LogP contribution in [0.15, 0.2) is 21.5 Å². The average Bonchev–Trinajstić information content (AvgIpc) is 2.44. The summed E-state index contributed by atoms with van der Waals surface area (Å²) in [7, 11) is -1.97. The topological polar surface area (TPSA) is 97.1 Å². The fourth-order valence-corrected chi connectivity index (χ4v) is 3.57. The standard InChI is InChI=1S/C13H18N2O6S/c1-9-7-14(4-5-15(9)22(3,18)19)13(17)11-6-10(16)12(20-2)8-21-11/h6,8-9H,4-5,7H2,1-3H3/t9-/m0/s1. The summed E-state index contributed by atoms with van der Waals surface area (Å²) in [6.45, 7) is 2.42. The van der Waals surface area contributed by atoms with Crippen LogP contribution in [-0.2, 0) is 10.0 Å². The van der Waals surface area contributed by atoms with Gasteiger partial charge in [0, 0.05) is 31.7 Å². The normalized spacial score (nSPS) is 20.0. The van der Waals surface area contributed by atoms with E-state index in [2.05, 4.69) is 0 Å². The van der Waals surface area contributed by atoms with Gasteiger partial charge in [-0.05, 0) is 6.92 Å². The molecule has 122 valence electrons. The lowest BCUT2D eigenvalue weighted by Gasteiger charge is -2.37. The van der Waals surface area contributed by atoms with Gasteiger partial charge in [0.05, 0.1) is 13.4 Å². The maximum atomic E-state index is 12.3. The predicted octanol–water partition coefficient (Wildman–Crippen LogP) is -0.246. The molecule has 0 aromatic carbocycles. The molecule has 0 bridgehead atoms. The number of carbonyl (C=O) groups excluding carboxylic acids is 1. The fourth-order valence-electron chi connectivity index (χ4n) is 2.43. The smallest absolute Gasteiger partial charge is 0.289 e. The molecule has 1 saturated heterocycles. The van der Waals surface area contributed by atoms with Gasteiger partial charge in [0.15, 0.2) is 5.76 Å². The molecule has 22 heavy (non-hydrogen) atoms. The Hall–Kier alpha value is -1.87. The lowest BCUT2D eigenvalue weighted by Crippen LogP contribution is -2.55. The number of piperazine rings is 1. The van der Waals surface area contributed by atoms with Crippen LogP contribution >= 0.6 is 0 Å². The molecule has 1 aliphatic heterocycles. The fraction of sp³-hybridized carbons (Fsp3) is 0.538. The lowest BCUT2D eigenvalue weighted by atomic mass is 10.2. The number of ether oxygens (including phenoxy) is 1. The number of amides is 1. The molecule has 0 aliphatic carbocycles. The van der Waals surface area contributed by atoms with E-state index in [1.165, 1.54) is 16.3 Å². The second-order valence-corrected chi connectivity index (χ2v) is 7.09. The highest BCUT2D eigenvalue weighted by atomic mass is 32.2. The van der Waals surface area contributed by atoms with Crippen LogP contribution in [0.2, 0.25) is 0 Å². The molecule has 2 heterocycles. The minimum atomic E-state index is -3.30. The second-order valence-electron chi connectivity index (χ2n) is 5.15. The van der Waals surface area contributed by atoms with Crippen molar-refractivity contribution in [1.82, 2.24) is 9.21 Å². The molecule has 0 unspecified atom stereocenters. The summed E-state index contributed by atoms with van der Waals surface area (Å²) in [5.74, 6) is -0.516. The van der Waals surface area contributed by atoms with Crippen molar-refractivity contribution in [3.63, 3.8) is 0 Å². The van der Waals surface area contributed by atoms with Crippen molar-refractivity contribution in [3.8, 4) is 5.75 Å². The average molecular weight is 330 g/mol. The largest absolute Gasteiger partial charge is 0.490 e. The molecule has 8 nitrogen and oxygen atoms in total. The minimum Gasteiger partial charge on any atom is -0.490 e. The van der Waals surface area contributed by atoms with Crippen molar-refractivity contribution in [1.29, 1.82) is 0 Å². The molecule has 0 N–H and O–H groups in total. The van der Waals surface area contributed by atoms with Crippen LogP contribution in [-0.4, -0.2) is 62.6 Å². The number of carbonyl (C=O) groups is 1. The lowest BCUT2D eigenvalue weighted by molar-refractivity contribution is 0.0608. The zero-order valence-electron chi connectivity index (χ0n) is 12.6. The Balaban J connectivity index is 2.15. The quantitative estimate of drug-likeness (QED) is 0.758. The number of methoxy groups -OCH3 is 1. The number of hydrogen-bond acceptors (Lipinski definition) is 6. The summed E-state index contributed by atoms with van der Waals surface area (Å²) in [4.78, 5) is 25.5. The van der Waals surface area contributed by atoms with E-state index in [1.807, 2.05) is 0 Å². The summed E-state index contributed by atoms with van der Waals surface area (Å²) >= 11 is 0. The van der Waals surface area contributed by atoms with Gasteiger partial charge in [-0.1, -0.05) is 0 Å². The molecule has 1 fully saturated rings. The van der Waals surface area contributed by atoms with Crippen LogP contribution in [0.4, 0.5) is 0 Å². The van der Waals surface area contributed by atoms with Crippen molar-refractivity contribution < 1.29 is 22.4 Å². The van der Waals surface area contributed by atoms with Crippen LogP contribution < -0.4 is 10.2 Å². The summed E-state index contributed by atoms with van der Waals surface area (Å²) in [6.07, 6.45) is 2.23. The van der Waals surface area contributed by atoms with Crippen LogP contribution in [0.3, 0.4) is 0 Å². The third-order valence-electron chi connectivity index (χ3n) is 3.51. The van der Waals surface area contributed by atoms with Crippen LogP contribution in [0.25, 0.3) is 0 Å². The minimum absolute atomic E-state index is 0.0202. The Morgan fingerprint density at radius 3 is 2.59 bits per heavy atom. The van der Waals surface area contributed by atoms with Gasteiger partial charge in [0.2, 0.25) is 21.2 Å². The Morgan fingerprint density at radius 1 is 1.41 bits per heavy atom. The van der Waals surface area contributed by atoms with Crippen LogP contribution in [0, 0.1) is 0 Å². The molecule has 0 radical (unpaired) electrons. The van der Waals surface area contributed by atoms with Crippen molar-refractivity contribution in [2.45, 2.75) is 13.0 Å². The van der Waals surface area contributed by atoms with E-state index < -0.39 is 21.4 Å². The van der Waals surface area contributed by atoms with Gasteiger partial charge >= 0.3 is 0 Å². The van der Waals surface area contributed by atoms with Crippen molar-refractivity contribution in [2.75, 3.05) is 33.0 Å².